The third-order valence-corrected chi connectivity index (χ3v) is 2.13. The zero-order valence-corrected chi connectivity index (χ0v) is 8.49. The molecule has 0 aromatic carbocycles. The molecule has 0 spiro atoms. The summed E-state index contributed by atoms with van der Waals surface area (Å²) >= 11 is 0. The summed E-state index contributed by atoms with van der Waals surface area (Å²) < 4.78 is 5.22. The van der Waals surface area contributed by atoms with Gasteiger partial charge in [-0.25, -0.2) is 0 Å². The van der Waals surface area contributed by atoms with E-state index in [4.69, 9.17) is 15.6 Å². The van der Waals surface area contributed by atoms with Crippen LogP contribution in [0.3, 0.4) is 0 Å². The molecule has 78 valence electrons. The molecule has 2 unspecified atom stereocenters. The Bertz CT molecular complexity index is 159. The molecule has 0 saturated heterocycles. The first-order chi connectivity index (χ1) is 6.02. The van der Waals surface area contributed by atoms with Crippen LogP contribution >= 0.6 is 0 Å². The molecule has 0 aromatic rings. The van der Waals surface area contributed by atoms with Gasteiger partial charge >= 0.3 is 5.97 Å². The SMILES string of the molecule is COC(C(C)C)C(CN)CC(=O)O. The number of nitrogens with two attached hydrogens (primary N) is 1. The summed E-state index contributed by atoms with van der Waals surface area (Å²) in [6.45, 7) is 4.35. The first-order valence-electron chi connectivity index (χ1n) is 4.47. The Morgan fingerprint density at radius 1 is 1.54 bits per heavy atom. The molecule has 13 heavy (non-hydrogen) atoms. The normalized spacial score (nSPS) is 15.8. The highest BCUT2D eigenvalue weighted by Gasteiger charge is 2.25. The van der Waals surface area contributed by atoms with Gasteiger partial charge in [0, 0.05) is 13.0 Å². The lowest BCUT2D eigenvalue weighted by atomic mass is 9.90. The molecule has 0 amide bonds. The molecule has 4 nitrogen and oxygen atoms in total. The minimum Gasteiger partial charge on any atom is -0.481 e. The fraction of sp³-hybridized carbons (Fsp3) is 0.889. The lowest BCUT2D eigenvalue weighted by Gasteiger charge is -2.26. The average molecular weight is 189 g/mol. The molecule has 0 aliphatic carbocycles. The Morgan fingerprint density at radius 2 is 2.08 bits per heavy atom. The van der Waals surface area contributed by atoms with E-state index in [1.54, 1.807) is 7.11 Å². The highest BCUT2D eigenvalue weighted by Crippen LogP contribution is 2.18. The van der Waals surface area contributed by atoms with E-state index >= 15 is 0 Å². The second-order valence-corrected chi connectivity index (χ2v) is 3.54. The number of carboxylic acids is 1. The summed E-state index contributed by atoms with van der Waals surface area (Å²) in [5, 5.41) is 8.63. The smallest absolute Gasteiger partial charge is 0.303 e. The second kappa shape index (κ2) is 5.94. The first-order valence-corrected chi connectivity index (χ1v) is 4.47. The van der Waals surface area contributed by atoms with E-state index in [2.05, 4.69) is 0 Å². The Morgan fingerprint density at radius 3 is 2.31 bits per heavy atom. The van der Waals surface area contributed by atoms with Gasteiger partial charge in [0.05, 0.1) is 12.5 Å². The molecule has 0 bridgehead atoms. The van der Waals surface area contributed by atoms with Gasteiger partial charge in [-0.3, -0.25) is 4.79 Å². The van der Waals surface area contributed by atoms with Gasteiger partial charge in [-0.05, 0) is 12.5 Å². The van der Waals surface area contributed by atoms with E-state index in [1.165, 1.54) is 0 Å². The first kappa shape index (κ1) is 12.4. The zero-order chi connectivity index (χ0) is 10.4. The number of carboxylic acid groups (broad SMARTS) is 1. The second-order valence-electron chi connectivity index (χ2n) is 3.54. The van der Waals surface area contributed by atoms with Crippen molar-refractivity contribution in [2.24, 2.45) is 17.6 Å². The van der Waals surface area contributed by atoms with Crippen LogP contribution in [0.5, 0.6) is 0 Å². The molecule has 0 saturated carbocycles. The third kappa shape index (κ3) is 4.24. The van der Waals surface area contributed by atoms with Crippen molar-refractivity contribution in [3.8, 4) is 0 Å². The lowest BCUT2D eigenvalue weighted by Crippen LogP contribution is -2.35. The van der Waals surface area contributed by atoms with E-state index in [0.717, 1.165) is 0 Å². The Labute approximate surface area is 79.1 Å². The van der Waals surface area contributed by atoms with Crippen molar-refractivity contribution >= 4 is 5.97 Å². The van der Waals surface area contributed by atoms with Gasteiger partial charge in [0.25, 0.3) is 0 Å². The summed E-state index contributed by atoms with van der Waals surface area (Å²) in [6, 6.07) is 0. The minimum atomic E-state index is -0.821. The number of hydrogen-bond acceptors (Lipinski definition) is 3. The van der Waals surface area contributed by atoms with Crippen LogP contribution < -0.4 is 5.73 Å². The molecule has 0 rings (SSSR count). The van der Waals surface area contributed by atoms with Crippen molar-refractivity contribution in [1.29, 1.82) is 0 Å². The van der Waals surface area contributed by atoms with Crippen LogP contribution in [0.4, 0.5) is 0 Å². The van der Waals surface area contributed by atoms with Crippen LogP contribution in [0.2, 0.25) is 0 Å². The Hall–Kier alpha value is -0.610. The summed E-state index contributed by atoms with van der Waals surface area (Å²) in [5.41, 5.74) is 5.49. The van der Waals surface area contributed by atoms with Crippen LogP contribution in [-0.2, 0) is 9.53 Å². The predicted molar refractivity (Wildman–Crippen MR) is 50.4 cm³/mol. The maximum absolute atomic E-state index is 10.5. The molecular formula is C9H19NO3. The fourth-order valence-corrected chi connectivity index (χ4v) is 1.57. The van der Waals surface area contributed by atoms with Gasteiger partial charge in [-0.2, -0.15) is 0 Å². The summed E-state index contributed by atoms with van der Waals surface area (Å²) in [6.07, 6.45) is 0.00815. The van der Waals surface area contributed by atoms with Crippen LogP contribution in [0.25, 0.3) is 0 Å². The molecule has 0 radical (unpaired) electrons. The molecule has 2 atom stereocenters. The van der Waals surface area contributed by atoms with Gasteiger partial charge in [-0.15, -0.1) is 0 Å². The van der Waals surface area contributed by atoms with Gasteiger partial charge in [0.2, 0.25) is 0 Å². The zero-order valence-electron chi connectivity index (χ0n) is 8.49. The number of hydrogen-bond donors (Lipinski definition) is 2. The predicted octanol–water partition coefficient (Wildman–Crippen LogP) is 0.707. The molecule has 3 N–H and O–H groups in total. The molecule has 0 aliphatic heterocycles. The Kier molecular flexibility index (Phi) is 5.66. The van der Waals surface area contributed by atoms with Crippen LogP contribution in [0.1, 0.15) is 20.3 Å². The van der Waals surface area contributed by atoms with E-state index in [1.807, 2.05) is 13.8 Å². The topological polar surface area (TPSA) is 72.5 Å². The average Bonchev–Trinajstić information content (AvgIpc) is 2.02. The van der Waals surface area contributed by atoms with Gasteiger partial charge in [-0.1, -0.05) is 13.8 Å². The Balaban J connectivity index is 4.25. The number of methoxy groups -OCH3 is 1. The number of ether oxygens (including phenoxy) is 1. The molecule has 4 heteroatoms. The van der Waals surface area contributed by atoms with Crippen LogP contribution in [0, 0.1) is 11.8 Å². The van der Waals surface area contributed by atoms with Crippen LogP contribution in [-0.4, -0.2) is 30.8 Å². The molecule has 0 fully saturated rings. The van der Waals surface area contributed by atoms with Gasteiger partial charge < -0.3 is 15.6 Å². The summed E-state index contributed by atoms with van der Waals surface area (Å²) in [4.78, 5) is 10.5. The van der Waals surface area contributed by atoms with Crippen LogP contribution in [0.15, 0.2) is 0 Å². The number of rotatable bonds is 6. The highest BCUT2D eigenvalue weighted by atomic mass is 16.5. The molecular weight excluding hydrogens is 170 g/mol. The van der Waals surface area contributed by atoms with Crippen molar-refractivity contribution in [3.05, 3.63) is 0 Å². The van der Waals surface area contributed by atoms with E-state index in [-0.39, 0.29) is 24.4 Å². The van der Waals surface area contributed by atoms with Crippen molar-refractivity contribution in [2.45, 2.75) is 26.4 Å². The minimum absolute atomic E-state index is 0.0684. The summed E-state index contributed by atoms with van der Waals surface area (Å²) in [5.74, 6) is -0.626. The van der Waals surface area contributed by atoms with Gasteiger partial charge in [0.1, 0.15) is 0 Å². The quantitative estimate of drug-likeness (QED) is 0.645. The standard InChI is InChI=1S/C9H19NO3/c1-6(2)9(13-3)7(5-10)4-8(11)12/h6-7,9H,4-5,10H2,1-3H3,(H,11,12). The fourth-order valence-electron chi connectivity index (χ4n) is 1.57. The monoisotopic (exact) mass is 189 g/mol. The van der Waals surface area contributed by atoms with Crippen molar-refractivity contribution in [3.63, 3.8) is 0 Å². The van der Waals surface area contributed by atoms with Crippen molar-refractivity contribution < 1.29 is 14.6 Å². The van der Waals surface area contributed by atoms with E-state index in [0.29, 0.717) is 6.54 Å². The van der Waals surface area contributed by atoms with Crippen molar-refractivity contribution in [2.75, 3.05) is 13.7 Å². The maximum atomic E-state index is 10.5. The number of aliphatic carboxylic acids is 1. The van der Waals surface area contributed by atoms with E-state index in [9.17, 15) is 4.79 Å². The highest BCUT2D eigenvalue weighted by molar-refractivity contribution is 5.67. The van der Waals surface area contributed by atoms with Crippen molar-refractivity contribution in [1.82, 2.24) is 0 Å². The third-order valence-electron chi connectivity index (χ3n) is 2.13. The lowest BCUT2D eigenvalue weighted by molar-refractivity contribution is -0.139. The van der Waals surface area contributed by atoms with E-state index < -0.39 is 5.97 Å². The van der Waals surface area contributed by atoms with Gasteiger partial charge in [0.15, 0.2) is 0 Å². The molecule has 0 aromatic heterocycles. The number of carbonyl (C=O) groups is 1. The molecule has 0 heterocycles. The maximum Gasteiger partial charge on any atom is 0.303 e. The molecule has 0 aliphatic rings. The largest absolute Gasteiger partial charge is 0.481 e. The summed E-state index contributed by atoms with van der Waals surface area (Å²) in [7, 11) is 1.59.